The van der Waals surface area contributed by atoms with Gasteiger partial charge in [-0.05, 0) is 13.8 Å². The van der Waals surface area contributed by atoms with Crippen LogP contribution in [0, 0.1) is 0 Å². The molecule has 0 aliphatic rings. The van der Waals surface area contributed by atoms with Gasteiger partial charge in [-0.2, -0.15) is 5.10 Å². The van der Waals surface area contributed by atoms with Crippen molar-refractivity contribution < 1.29 is 14.7 Å². The summed E-state index contributed by atoms with van der Waals surface area (Å²) in [5, 5.41) is 20.2. The molecule has 1 aromatic rings. The highest BCUT2D eigenvalue weighted by atomic mass is 16.5. The van der Waals surface area contributed by atoms with Crippen molar-refractivity contribution >= 4 is 17.6 Å². The Hall–Kier alpha value is -2.09. The third-order valence-electron chi connectivity index (χ3n) is 2.32. The van der Waals surface area contributed by atoms with Crippen molar-refractivity contribution in [3.8, 4) is 0 Å². The van der Waals surface area contributed by atoms with E-state index in [9.17, 15) is 4.79 Å². The summed E-state index contributed by atoms with van der Waals surface area (Å²) in [4.78, 5) is 11.8. The number of nitrogens with zero attached hydrogens (tertiary/aromatic N) is 2. The first-order valence-electron chi connectivity index (χ1n) is 4.80. The number of nitrogens with one attached hydrogen (secondary N) is 2. The number of aromatic amines is 1. The van der Waals surface area contributed by atoms with E-state index in [1.54, 1.807) is 13.8 Å². The Morgan fingerprint density at radius 1 is 1.71 bits per heavy atom. The summed E-state index contributed by atoms with van der Waals surface area (Å²) < 4.78 is 5.02. The van der Waals surface area contributed by atoms with Gasteiger partial charge in [-0.1, -0.05) is 5.16 Å². The van der Waals surface area contributed by atoms with Gasteiger partial charge in [0.1, 0.15) is 11.4 Å². The fraction of sp³-hybridized carbons (Fsp3) is 0.444. The number of oxime groups is 1. The van der Waals surface area contributed by atoms with Crippen molar-refractivity contribution in [1.82, 2.24) is 10.2 Å². The number of ether oxygens (including phenoxy) is 1. The number of carbonyl (C=O) groups excluding carboxylic acids is 1. The highest BCUT2D eigenvalue weighted by Crippen LogP contribution is 2.15. The van der Waals surface area contributed by atoms with Crippen LogP contribution >= 0.6 is 0 Å². The van der Waals surface area contributed by atoms with Crippen LogP contribution in [0.4, 0.5) is 5.82 Å². The van der Waals surface area contributed by atoms with Crippen molar-refractivity contribution in [2.45, 2.75) is 19.4 Å². The maximum atomic E-state index is 11.8. The van der Waals surface area contributed by atoms with Gasteiger partial charge in [0.25, 0.3) is 5.91 Å². The molecule has 8 nitrogen and oxygen atoms in total. The molecule has 1 aromatic heterocycles. The highest BCUT2D eigenvalue weighted by molar-refractivity contribution is 6.05. The minimum Gasteiger partial charge on any atom is -0.409 e. The summed E-state index contributed by atoms with van der Waals surface area (Å²) in [6.45, 7) is 3.23. The Kier molecular flexibility index (Phi) is 3.69. The van der Waals surface area contributed by atoms with Crippen molar-refractivity contribution in [3.63, 3.8) is 0 Å². The summed E-state index contributed by atoms with van der Waals surface area (Å²) in [5.74, 6) is -0.282. The van der Waals surface area contributed by atoms with E-state index in [-0.39, 0.29) is 17.6 Å². The standard InChI is InChI=1S/C9H15N5O3/c1-9(2,17-3)8(15)12-7-5(4-11-13-7)6(10)14-16/h4,16H,1-3H3,(H2,10,14)(H2,11,12,13,15). The third-order valence-corrected chi connectivity index (χ3v) is 2.32. The van der Waals surface area contributed by atoms with Gasteiger partial charge in [-0.3, -0.25) is 9.89 Å². The van der Waals surface area contributed by atoms with Gasteiger partial charge in [0.15, 0.2) is 5.84 Å². The van der Waals surface area contributed by atoms with E-state index in [0.29, 0.717) is 5.56 Å². The van der Waals surface area contributed by atoms with Crippen LogP contribution in [0.1, 0.15) is 19.4 Å². The van der Waals surface area contributed by atoms with Crippen molar-refractivity contribution in [2.75, 3.05) is 12.4 Å². The molecule has 0 bridgehead atoms. The lowest BCUT2D eigenvalue weighted by atomic mass is 10.1. The quantitative estimate of drug-likeness (QED) is 0.253. The first kappa shape index (κ1) is 13.0. The number of aromatic nitrogens is 2. The van der Waals surface area contributed by atoms with E-state index < -0.39 is 5.60 Å². The number of amides is 1. The fourth-order valence-electron chi connectivity index (χ4n) is 0.986. The van der Waals surface area contributed by atoms with Gasteiger partial charge in [-0.25, -0.2) is 0 Å². The number of nitrogens with two attached hydrogens (primary N) is 1. The van der Waals surface area contributed by atoms with Crippen molar-refractivity contribution in [2.24, 2.45) is 10.9 Å². The highest BCUT2D eigenvalue weighted by Gasteiger charge is 2.28. The minimum absolute atomic E-state index is 0.149. The average molecular weight is 241 g/mol. The lowest BCUT2D eigenvalue weighted by Crippen LogP contribution is -2.39. The molecule has 1 amide bonds. The second-order valence-corrected chi connectivity index (χ2v) is 3.81. The first-order valence-corrected chi connectivity index (χ1v) is 4.80. The van der Waals surface area contributed by atoms with Gasteiger partial charge in [-0.15, -0.1) is 0 Å². The fourth-order valence-corrected chi connectivity index (χ4v) is 0.986. The number of methoxy groups -OCH3 is 1. The van der Waals surface area contributed by atoms with Crippen LogP contribution in [-0.2, 0) is 9.53 Å². The second-order valence-electron chi connectivity index (χ2n) is 3.81. The molecule has 0 aliphatic heterocycles. The van der Waals surface area contributed by atoms with E-state index >= 15 is 0 Å². The molecule has 5 N–H and O–H groups in total. The normalized spacial score (nSPS) is 12.5. The summed E-state index contributed by atoms with van der Waals surface area (Å²) in [6, 6.07) is 0. The van der Waals surface area contributed by atoms with Gasteiger partial charge in [0.05, 0.1) is 11.8 Å². The Bertz CT molecular complexity index is 438. The molecular weight excluding hydrogens is 226 g/mol. The SMILES string of the molecule is COC(C)(C)C(=O)Nc1[nH]ncc1C(N)=NO. The van der Waals surface area contributed by atoms with Gasteiger partial charge in [0, 0.05) is 7.11 Å². The number of carbonyl (C=O) groups is 1. The van der Waals surface area contributed by atoms with Crippen LogP contribution in [0.2, 0.25) is 0 Å². The topological polar surface area (TPSA) is 126 Å². The zero-order chi connectivity index (χ0) is 13.1. The zero-order valence-corrected chi connectivity index (χ0v) is 9.81. The van der Waals surface area contributed by atoms with Gasteiger partial charge >= 0.3 is 0 Å². The number of amidine groups is 1. The maximum Gasteiger partial charge on any atom is 0.257 e. The Morgan fingerprint density at radius 2 is 2.35 bits per heavy atom. The average Bonchev–Trinajstić information content (AvgIpc) is 2.76. The molecule has 0 fully saturated rings. The van der Waals surface area contributed by atoms with E-state index in [4.69, 9.17) is 15.7 Å². The summed E-state index contributed by atoms with van der Waals surface area (Å²) in [5.41, 5.74) is 4.72. The van der Waals surface area contributed by atoms with E-state index in [0.717, 1.165) is 0 Å². The molecule has 0 saturated carbocycles. The lowest BCUT2D eigenvalue weighted by molar-refractivity contribution is -0.133. The van der Waals surface area contributed by atoms with Crippen molar-refractivity contribution in [3.05, 3.63) is 11.8 Å². The number of rotatable bonds is 4. The van der Waals surface area contributed by atoms with Gasteiger partial charge < -0.3 is 21.0 Å². The molecule has 0 aliphatic carbocycles. The van der Waals surface area contributed by atoms with Crippen LogP contribution in [0.25, 0.3) is 0 Å². The number of H-pyrrole nitrogens is 1. The van der Waals surface area contributed by atoms with Crippen LogP contribution < -0.4 is 11.1 Å². The van der Waals surface area contributed by atoms with Crippen LogP contribution in [0.3, 0.4) is 0 Å². The largest absolute Gasteiger partial charge is 0.409 e. The summed E-state index contributed by atoms with van der Waals surface area (Å²) >= 11 is 0. The summed E-state index contributed by atoms with van der Waals surface area (Å²) in [6.07, 6.45) is 1.34. The molecule has 0 spiro atoms. The molecule has 0 atom stereocenters. The Morgan fingerprint density at radius 3 is 2.88 bits per heavy atom. The minimum atomic E-state index is -0.993. The second kappa shape index (κ2) is 4.83. The summed E-state index contributed by atoms with van der Waals surface area (Å²) in [7, 11) is 1.43. The molecule has 0 unspecified atom stereocenters. The molecule has 0 radical (unpaired) electrons. The zero-order valence-electron chi connectivity index (χ0n) is 9.81. The number of anilines is 1. The predicted molar refractivity (Wildman–Crippen MR) is 60.8 cm³/mol. The maximum absolute atomic E-state index is 11.8. The number of hydrogen-bond donors (Lipinski definition) is 4. The van der Waals surface area contributed by atoms with E-state index in [1.165, 1.54) is 13.3 Å². The molecule has 8 heteroatoms. The molecular formula is C9H15N5O3. The molecule has 1 heterocycles. The van der Waals surface area contributed by atoms with Crippen LogP contribution in [-0.4, -0.2) is 39.9 Å². The molecule has 0 aromatic carbocycles. The third kappa shape index (κ3) is 2.72. The Labute approximate surface area is 97.8 Å². The lowest BCUT2D eigenvalue weighted by Gasteiger charge is -2.21. The van der Waals surface area contributed by atoms with Crippen molar-refractivity contribution in [1.29, 1.82) is 0 Å². The predicted octanol–water partition coefficient (Wildman–Crippen LogP) is -0.132. The molecule has 17 heavy (non-hydrogen) atoms. The van der Waals surface area contributed by atoms with Gasteiger partial charge in [0.2, 0.25) is 0 Å². The monoisotopic (exact) mass is 241 g/mol. The first-order chi connectivity index (χ1) is 7.92. The molecule has 0 saturated heterocycles. The van der Waals surface area contributed by atoms with E-state index in [2.05, 4.69) is 20.7 Å². The van der Waals surface area contributed by atoms with Crippen LogP contribution in [0.5, 0.6) is 0 Å². The molecule has 94 valence electrons. The Balaban J connectivity index is 2.90. The van der Waals surface area contributed by atoms with E-state index in [1.807, 2.05) is 0 Å². The number of hydrogen-bond acceptors (Lipinski definition) is 5. The molecule has 1 rings (SSSR count). The van der Waals surface area contributed by atoms with Crippen LogP contribution in [0.15, 0.2) is 11.4 Å². The smallest absolute Gasteiger partial charge is 0.257 e.